The van der Waals surface area contributed by atoms with Crippen LogP contribution in [0, 0.1) is 27.7 Å². The molecule has 7 nitrogen and oxygen atoms in total. The van der Waals surface area contributed by atoms with Gasteiger partial charge >= 0.3 is 11.6 Å². The number of carbonyl (C=O) groups is 1. The van der Waals surface area contributed by atoms with Crippen molar-refractivity contribution < 1.29 is 23.8 Å². The van der Waals surface area contributed by atoms with Gasteiger partial charge in [0.2, 0.25) is 0 Å². The highest BCUT2D eigenvalue weighted by molar-refractivity contribution is 6.23. The molecular weight excluding hydrogens is 458 g/mol. The molecule has 0 atom stereocenters. The van der Waals surface area contributed by atoms with Crippen LogP contribution in [0.25, 0.3) is 22.4 Å². The molecule has 184 valence electrons. The highest BCUT2D eigenvalue weighted by atomic mass is 16.5. The SMILES string of the molecule is CCOc1ccc(C(O)=C(C(=O)Oc2c(C)cc(C)cc2C)c2nc3cc(C)ccc3oc2=O)cc1. The number of aromatic nitrogens is 1. The zero-order chi connectivity index (χ0) is 26.0. The van der Waals surface area contributed by atoms with Gasteiger partial charge in [0.05, 0.1) is 6.61 Å². The van der Waals surface area contributed by atoms with E-state index in [1.165, 1.54) is 0 Å². The maximum Gasteiger partial charge on any atom is 0.363 e. The molecule has 0 aliphatic heterocycles. The van der Waals surface area contributed by atoms with E-state index in [1.54, 1.807) is 42.5 Å². The van der Waals surface area contributed by atoms with Crippen LogP contribution >= 0.6 is 0 Å². The monoisotopic (exact) mass is 485 g/mol. The molecule has 0 spiro atoms. The van der Waals surface area contributed by atoms with Crippen LogP contribution in [0.4, 0.5) is 0 Å². The molecule has 4 rings (SSSR count). The quantitative estimate of drug-likeness (QED) is 0.158. The molecule has 4 aromatic rings. The van der Waals surface area contributed by atoms with E-state index >= 15 is 0 Å². The summed E-state index contributed by atoms with van der Waals surface area (Å²) in [5.74, 6) is -0.438. The van der Waals surface area contributed by atoms with E-state index in [4.69, 9.17) is 13.9 Å². The standard InChI is InChI=1S/C29H27NO6/c1-6-34-21-10-8-20(9-11-21)26(31)24(28(32)36-27-18(4)13-17(3)14-19(27)5)25-29(33)35-23-12-7-16(2)15-22(23)30-25/h7-15,31H,6H2,1-5H3. The summed E-state index contributed by atoms with van der Waals surface area (Å²) in [4.78, 5) is 30.9. The Morgan fingerprint density at radius 2 is 1.61 bits per heavy atom. The van der Waals surface area contributed by atoms with E-state index < -0.39 is 22.9 Å². The molecule has 1 N–H and O–H groups in total. The summed E-state index contributed by atoms with van der Waals surface area (Å²) < 4.78 is 16.6. The number of nitrogens with zero attached hydrogens (tertiary/aromatic N) is 1. The molecule has 3 aromatic carbocycles. The number of carbonyl (C=O) groups excluding carboxylic acids is 1. The van der Waals surface area contributed by atoms with Crippen molar-refractivity contribution in [2.24, 2.45) is 0 Å². The fraction of sp³-hybridized carbons (Fsp3) is 0.207. The fourth-order valence-corrected chi connectivity index (χ4v) is 4.07. The van der Waals surface area contributed by atoms with Gasteiger partial charge in [0, 0.05) is 5.56 Å². The molecule has 0 bridgehead atoms. The van der Waals surface area contributed by atoms with Gasteiger partial charge in [-0.3, -0.25) is 0 Å². The summed E-state index contributed by atoms with van der Waals surface area (Å²) >= 11 is 0. The van der Waals surface area contributed by atoms with Crippen LogP contribution in [-0.4, -0.2) is 22.7 Å². The molecule has 0 fully saturated rings. The van der Waals surface area contributed by atoms with Crippen molar-refractivity contribution in [2.45, 2.75) is 34.6 Å². The predicted molar refractivity (Wildman–Crippen MR) is 138 cm³/mol. The first kappa shape index (κ1) is 24.7. The Morgan fingerprint density at radius 3 is 2.25 bits per heavy atom. The normalized spacial score (nSPS) is 11.8. The summed E-state index contributed by atoms with van der Waals surface area (Å²) in [6.45, 7) is 9.81. The number of rotatable bonds is 6. The highest BCUT2D eigenvalue weighted by Crippen LogP contribution is 2.30. The minimum atomic E-state index is -0.928. The van der Waals surface area contributed by atoms with Crippen molar-refractivity contribution in [3.63, 3.8) is 0 Å². The Morgan fingerprint density at radius 1 is 0.944 bits per heavy atom. The number of hydrogen-bond donors (Lipinski definition) is 1. The summed E-state index contributed by atoms with van der Waals surface area (Å²) in [5.41, 5.74) is 2.73. The van der Waals surface area contributed by atoms with Crippen molar-refractivity contribution in [2.75, 3.05) is 6.61 Å². The van der Waals surface area contributed by atoms with Gasteiger partial charge in [-0.1, -0.05) is 23.8 Å². The summed E-state index contributed by atoms with van der Waals surface area (Å²) in [5, 5.41) is 11.3. The third kappa shape index (κ3) is 5.00. The number of fused-ring (bicyclic) bond motifs is 1. The molecule has 7 heteroatoms. The average Bonchev–Trinajstić information content (AvgIpc) is 2.82. The molecular formula is C29H27NO6. The van der Waals surface area contributed by atoms with Crippen LogP contribution in [0.2, 0.25) is 0 Å². The molecule has 0 amide bonds. The van der Waals surface area contributed by atoms with Gasteiger partial charge in [0.25, 0.3) is 0 Å². The molecule has 1 heterocycles. The number of aliphatic hydroxyl groups excluding tert-OH is 1. The maximum atomic E-state index is 13.6. The second-order valence-corrected chi connectivity index (χ2v) is 8.62. The lowest BCUT2D eigenvalue weighted by Gasteiger charge is -2.14. The first-order valence-electron chi connectivity index (χ1n) is 11.6. The lowest BCUT2D eigenvalue weighted by atomic mass is 10.0. The van der Waals surface area contributed by atoms with Gasteiger partial charge in [-0.15, -0.1) is 0 Å². The first-order chi connectivity index (χ1) is 17.2. The van der Waals surface area contributed by atoms with Crippen LogP contribution in [0.15, 0.2) is 63.8 Å². The molecule has 0 unspecified atom stereocenters. The molecule has 0 aliphatic rings. The number of esters is 1. The smallest absolute Gasteiger partial charge is 0.363 e. The van der Waals surface area contributed by atoms with E-state index in [0.717, 1.165) is 22.3 Å². The number of ether oxygens (including phenoxy) is 2. The second kappa shape index (κ2) is 10.1. The first-order valence-corrected chi connectivity index (χ1v) is 11.6. The summed E-state index contributed by atoms with van der Waals surface area (Å²) in [6.07, 6.45) is 0. The zero-order valence-electron chi connectivity index (χ0n) is 20.8. The van der Waals surface area contributed by atoms with Gasteiger partial charge in [-0.25, -0.2) is 14.6 Å². The lowest BCUT2D eigenvalue weighted by molar-refractivity contribution is -0.128. The fourth-order valence-electron chi connectivity index (χ4n) is 4.07. The molecule has 0 aliphatic carbocycles. The molecule has 1 aromatic heterocycles. The maximum absolute atomic E-state index is 13.6. The Kier molecular flexibility index (Phi) is 6.92. The molecule has 0 radical (unpaired) electrons. The lowest BCUT2D eigenvalue weighted by Crippen LogP contribution is -2.20. The molecule has 0 saturated heterocycles. The summed E-state index contributed by atoms with van der Waals surface area (Å²) in [6, 6.07) is 15.4. The Hall–Kier alpha value is -4.39. The van der Waals surface area contributed by atoms with Gasteiger partial charge < -0.3 is 19.0 Å². The number of benzene rings is 3. The summed E-state index contributed by atoms with van der Waals surface area (Å²) in [7, 11) is 0. The number of aryl methyl sites for hydroxylation is 4. The van der Waals surface area contributed by atoms with Crippen molar-refractivity contribution in [3.8, 4) is 11.5 Å². The number of aliphatic hydroxyl groups is 1. The van der Waals surface area contributed by atoms with E-state index in [1.807, 2.05) is 46.8 Å². The van der Waals surface area contributed by atoms with Gasteiger partial charge in [0.15, 0.2) is 11.3 Å². The highest BCUT2D eigenvalue weighted by Gasteiger charge is 2.27. The Bertz CT molecular complexity index is 1520. The minimum absolute atomic E-state index is 0.271. The second-order valence-electron chi connectivity index (χ2n) is 8.62. The van der Waals surface area contributed by atoms with Crippen molar-refractivity contribution >= 4 is 28.4 Å². The van der Waals surface area contributed by atoms with E-state index in [0.29, 0.717) is 23.6 Å². The van der Waals surface area contributed by atoms with Gasteiger partial charge in [0.1, 0.15) is 28.3 Å². The third-order valence-electron chi connectivity index (χ3n) is 5.66. The Labute approximate surface area is 208 Å². The minimum Gasteiger partial charge on any atom is -0.506 e. The van der Waals surface area contributed by atoms with Crippen LogP contribution in [0.3, 0.4) is 0 Å². The van der Waals surface area contributed by atoms with E-state index in [2.05, 4.69) is 4.98 Å². The topological polar surface area (TPSA) is 98.9 Å². The van der Waals surface area contributed by atoms with Gasteiger partial charge in [-0.2, -0.15) is 0 Å². The van der Waals surface area contributed by atoms with Crippen molar-refractivity contribution in [1.82, 2.24) is 4.98 Å². The molecule has 0 saturated carbocycles. The van der Waals surface area contributed by atoms with Crippen molar-refractivity contribution in [1.29, 1.82) is 0 Å². The Balaban J connectivity index is 1.90. The van der Waals surface area contributed by atoms with Crippen molar-refractivity contribution in [3.05, 3.63) is 98.5 Å². The van der Waals surface area contributed by atoms with Crippen LogP contribution < -0.4 is 15.1 Å². The zero-order valence-corrected chi connectivity index (χ0v) is 20.8. The third-order valence-corrected chi connectivity index (χ3v) is 5.66. The van der Waals surface area contributed by atoms with E-state index in [9.17, 15) is 14.7 Å². The average molecular weight is 486 g/mol. The predicted octanol–water partition coefficient (Wildman–Crippen LogP) is 5.85. The van der Waals surface area contributed by atoms with Gasteiger partial charge in [-0.05, 0) is 87.7 Å². The van der Waals surface area contributed by atoms with Crippen LogP contribution in [0.1, 0.15) is 40.4 Å². The molecule has 36 heavy (non-hydrogen) atoms. The van der Waals surface area contributed by atoms with E-state index in [-0.39, 0.29) is 16.8 Å². The van der Waals surface area contributed by atoms with Crippen LogP contribution in [-0.2, 0) is 4.79 Å². The largest absolute Gasteiger partial charge is 0.506 e. The number of hydrogen-bond acceptors (Lipinski definition) is 7. The van der Waals surface area contributed by atoms with Crippen LogP contribution in [0.5, 0.6) is 11.5 Å².